The van der Waals surface area contributed by atoms with Gasteiger partial charge in [0.15, 0.2) is 5.60 Å². The molecule has 1 saturated heterocycles. The van der Waals surface area contributed by atoms with E-state index >= 15 is 0 Å². The molecule has 0 aromatic heterocycles. The van der Waals surface area contributed by atoms with Crippen molar-refractivity contribution in [3.8, 4) is 0 Å². The number of epoxide rings is 1. The fourth-order valence-corrected chi connectivity index (χ4v) is 4.40. The Labute approximate surface area is 151 Å². The van der Waals surface area contributed by atoms with Crippen LogP contribution >= 0.6 is 0 Å². The van der Waals surface area contributed by atoms with Crippen LogP contribution in [0.25, 0.3) is 0 Å². The summed E-state index contributed by atoms with van der Waals surface area (Å²) in [6.07, 6.45) is 6.41. The van der Waals surface area contributed by atoms with Crippen LogP contribution in [-0.4, -0.2) is 17.4 Å². The fourth-order valence-electron chi connectivity index (χ4n) is 4.40. The van der Waals surface area contributed by atoms with Crippen LogP contribution in [-0.2, 0) is 10.3 Å². The molecule has 1 aliphatic carbocycles. The molecule has 4 rings (SSSR count). The molecule has 0 spiro atoms. The van der Waals surface area contributed by atoms with E-state index in [4.69, 9.17) is 9.73 Å². The second-order valence-corrected chi connectivity index (χ2v) is 7.55. The molecule has 0 N–H and O–H groups in total. The molecule has 0 amide bonds. The highest BCUT2D eigenvalue weighted by atomic mass is 16.6. The van der Waals surface area contributed by atoms with Gasteiger partial charge in [-0.15, -0.1) is 0 Å². The number of hydrogen-bond acceptors (Lipinski definition) is 2. The number of aliphatic imine (C=N–C) groups is 1. The van der Waals surface area contributed by atoms with Crippen molar-refractivity contribution < 1.29 is 4.74 Å². The third kappa shape index (κ3) is 2.73. The lowest BCUT2D eigenvalue weighted by Gasteiger charge is -2.22. The average molecular weight is 333 g/mol. The molecule has 1 aliphatic heterocycles. The summed E-state index contributed by atoms with van der Waals surface area (Å²) in [5, 5.41) is 0. The Hall–Kier alpha value is -1.93. The Kier molecular flexibility index (Phi) is 4.24. The van der Waals surface area contributed by atoms with Crippen molar-refractivity contribution in [1.82, 2.24) is 0 Å². The second kappa shape index (κ2) is 6.42. The van der Waals surface area contributed by atoms with Crippen LogP contribution in [0.4, 0.5) is 0 Å². The molecule has 1 unspecified atom stereocenters. The smallest absolute Gasteiger partial charge is 0.153 e. The summed E-state index contributed by atoms with van der Waals surface area (Å²) in [5.41, 5.74) is 2.76. The number of rotatable bonds is 4. The zero-order valence-electron chi connectivity index (χ0n) is 15.2. The first-order valence-electron chi connectivity index (χ1n) is 9.53. The molecule has 2 nitrogen and oxygen atoms in total. The highest BCUT2D eigenvalue weighted by molar-refractivity contribution is 5.95. The van der Waals surface area contributed by atoms with Gasteiger partial charge in [-0.05, 0) is 37.8 Å². The maximum atomic E-state index is 6.54. The van der Waals surface area contributed by atoms with Gasteiger partial charge >= 0.3 is 0 Å². The van der Waals surface area contributed by atoms with Crippen molar-refractivity contribution >= 4 is 5.71 Å². The highest BCUT2D eigenvalue weighted by Crippen LogP contribution is 2.60. The largest absolute Gasteiger partial charge is 0.346 e. The van der Waals surface area contributed by atoms with E-state index in [1.54, 1.807) is 0 Å². The van der Waals surface area contributed by atoms with Gasteiger partial charge in [-0.1, -0.05) is 79.9 Å². The molecule has 2 fully saturated rings. The van der Waals surface area contributed by atoms with E-state index in [9.17, 15) is 0 Å². The summed E-state index contributed by atoms with van der Waals surface area (Å²) in [5.74, 6) is 0. The molecule has 2 aromatic carbocycles. The highest BCUT2D eigenvalue weighted by Gasteiger charge is 2.70. The number of benzene rings is 2. The molecular formula is C23H27NO. The van der Waals surface area contributed by atoms with Crippen LogP contribution in [0.5, 0.6) is 0 Å². The molecule has 2 aromatic rings. The number of ether oxygens (including phenoxy) is 1. The lowest BCUT2D eigenvalue weighted by Crippen LogP contribution is -2.30. The number of hydrogen-bond donors (Lipinski definition) is 0. The zero-order valence-corrected chi connectivity index (χ0v) is 15.2. The Morgan fingerprint density at radius 3 is 1.92 bits per heavy atom. The number of nitrogens with zero attached hydrogens (tertiary/aromatic N) is 1. The van der Waals surface area contributed by atoms with Crippen molar-refractivity contribution in [3.63, 3.8) is 0 Å². The Morgan fingerprint density at radius 1 is 0.880 bits per heavy atom. The molecule has 1 saturated carbocycles. The molecule has 0 bridgehead atoms. The summed E-state index contributed by atoms with van der Waals surface area (Å²) in [6.45, 7) is 4.36. The molecular weight excluding hydrogens is 306 g/mol. The van der Waals surface area contributed by atoms with Crippen molar-refractivity contribution in [2.75, 3.05) is 0 Å². The summed E-state index contributed by atoms with van der Waals surface area (Å²) < 4.78 is 6.54. The van der Waals surface area contributed by atoms with Gasteiger partial charge in [-0.25, -0.2) is 0 Å². The van der Waals surface area contributed by atoms with Crippen LogP contribution in [0.3, 0.4) is 0 Å². The van der Waals surface area contributed by atoms with Crippen LogP contribution in [0, 0.1) is 0 Å². The first-order chi connectivity index (χ1) is 12.2. The first kappa shape index (κ1) is 16.5. The first-order valence-corrected chi connectivity index (χ1v) is 9.53. The summed E-state index contributed by atoms with van der Waals surface area (Å²) in [6, 6.07) is 21.7. The van der Waals surface area contributed by atoms with Crippen molar-refractivity contribution in [2.45, 2.75) is 63.2 Å². The van der Waals surface area contributed by atoms with Gasteiger partial charge in [0, 0.05) is 11.8 Å². The Morgan fingerprint density at radius 2 is 1.40 bits per heavy atom. The van der Waals surface area contributed by atoms with Crippen LogP contribution in [0.2, 0.25) is 0 Å². The van der Waals surface area contributed by atoms with Gasteiger partial charge < -0.3 is 4.74 Å². The molecule has 25 heavy (non-hydrogen) atoms. The zero-order chi connectivity index (χ0) is 17.3. The molecule has 2 aliphatic rings. The summed E-state index contributed by atoms with van der Waals surface area (Å²) in [7, 11) is 0. The fraction of sp³-hybridized carbons (Fsp3) is 0.435. The summed E-state index contributed by atoms with van der Waals surface area (Å²) in [4.78, 5) is 5.11. The van der Waals surface area contributed by atoms with Gasteiger partial charge in [0.1, 0.15) is 5.60 Å². The summed E-state index contributed by atoms with van der Waals surface area (Å²) >= 11 is 0. The van der Waals surface area contributed by atoms with E-state index in [0.29, 0.717) is 6.04 Å². The maximum Gasteiger partial charge on any atom is 0.153 e. The van der Waals surface area contributed by atoms with Crippen LogP contribution < -0.4 is 0 Å². The Bertz CT molecular complexity index is 707. The van der Waals surface area contributed by atoms with Crippen molar-refractivity contribution in [1.29, 1.82) is 0 Å². The molecule has 130 valence electrons. The van der Waals surface area contributed by atoms with Crippen LogP contribution in [0.1, 0.15) is 57.1 Å². The van der Waals surface area contributed by atoms with E-state index in [0.717, 1.165) is 5.71 Å². The second-order valence-electron chi connectivity index (χ2n) is 7.55. The van der Waals surface area contributed by atoms with E-state index in [1.807, 2.05) is 0 Å². The minimum atomic E-state index is -0.419. The maximum absolute atomic E-state index is 6.54. The van der Waals surface area contributed by atoms with E-state index < -0.39 is 5.60 Å². The van der Waals surface area contributed by atoms with Crippen LogP contribution in [0.15, 0.2) is 65.7 Å². The predicted molar refractivity (Wildman–Crippen MR) is 103 cm³/mol. The minimum Gasteiger partial charge on any atom is -0.346 e. The van der Waals surface area contributed by atoms with E-state index in [-0.39, 0.29) is 5.60 Å². The average Bonchev–Trinajstić information content (AvgIpc) is 3.33. The van der Waals surface area contributed by atoms with Gasteiger partial charge in [0.25, 0.3) is 0 Å². The van der Waals surface area contributed by atoms with Gasteiger partial charge in [-0.3, -0.25) is 4.99 Å². The standard InChI is InChI=1S/C23H27NO/c1-18(24-21-16-10-5-11-17-21)22(2)23(25-22,19-12-6-3-7-13-19)20-14-8-4-9-15-20/h3-4,6-9,12-15,21H,5,10-11,16-17H2,1-2H3. The third-order valence-corrected chi connectivity index (χ3v) is 5.99. The van der Waals surface area contributed by atoms with Gasteiger partial charge in [-0.2, -0.15) is 0 Å². The molecule has 0 radical (unpaired) electrons. The molecule has 1 atom stereocenters. The SMILES string of the molecule is CC(=NC1CCCCC1)C1(C)OC1(c1ccccc1)c1ccccc1. The predicted octanol–water partition coefficient (Wildman–Crippen LogP) is 5.51. The van der Waals surface area contributed by atoms with Crippen molar-refractivity contribution in [2.24, 2.45) is 4.99 Å². The van der Waals surface area contributed by atoms with Gasteiger partial charge in [0.2, 0.25) is 0 Å². The molecule has 2 heteroatoms. The Balaban J connectivity index is 1.73. The van der Waals surface area contributed by atoms with E-state index in [2.05, 4.69) is 74.5 Å². The minimum absolute atomic E-state index is 0.368. The topological polar surface area (TPSA) is 24.9 Å². The van der Waals surface area contributed by atoms with Gasteiger partial charge in [0.05, 0.1) is 0 Å². The normalized spacial score (nSPS) is 26.4. The third-order valence-electron chi connectivity index (χ3n) is 5.99. The van der Waals surface area contributed by atoms with E-state index in [1.165, 1.54) is 43.2 Å². The van der Waals surface area contributed by atoms with Crippen molar-refractivity contribution in [3.05, 3.63) is 71.8 Å². The lowest BCUT2D eigenvalue weighted by atomic mass is 9.79. The monoisotopic (exact) mass is 333 g/mol. The quantitative estimate of drug-likeness (QED) is 0.534. The molecule has 1 heterocycles. The lowest BCUT2D eigenvalue weighted by molar-refractivity contribution is 0.315.